The number of carbonyl (C=O) groups excluding carboxylic acids is 2. The average molecular weight is 371 g/mol. The first-order valence-corrected chi connectivity index (χ1v) is 10.2. The highest BCUT2D eigenvalue weighted by Gasteiger charge is 2.47. The van der Waals surface area contributed by atoms with Gasteiger partial charge in [-0.2, -0.15) is 0 Å². The molecule has 146 valence electrons. The van der Waals surface area contributed by atoms with Gasteiger partial charge >= 0.3 is 0 Å². The molecule has 27 heavy (non-hydrogen) atoms. The van der Waals surface area contributed by atoms with Gasteiger partial charge in [-0.15, -0.1) is 0 Å². The number of amides is 2. The standard InChI is InChI=1S/C21H29N3O3/c1-3-11-24-19(25)17-13-18-16(10-12-27-18)23(17)14-21(24,2)20(26)22-15-8-6-4-5-7-9-15/h10,12-13,15H,3-9,11,14H2,1-2H3,(H,22,26)/t21-/m1/s1. The van der Waals surface area contributed by atoms with E-state index in [1.807, 2.05) is 24.5 Å². The van der Waals surface area contributed by atoms with E-state index in [0.29, 0.717) is 24.4 Å². The van der Waals surface area contributed by atoms with E-state index in [1.165, 1.54) is 12.8 Å². The van der Waals surface area contributed by atoms with Crippen LogP contribution in [0.15, 0.2) is 22.8 Å². The summed E-state index contributed by atoms with van der Waals surface area (Å²) >= 11 is 0. The van der Waals surface area contributed by atoms with Crippen molar-refractivity contribution >= 4 is 22.9 Å². The number of hydrogen-bond acceptors (Lipinski definition) is 3. The second kappa shape index (κ2) is 7.06. The first-order valence-electron chi connectivity index (χ1n) is 10.2. The van der Waals surface area contributed by atoms with Crippen molar-refractivity contribution in [2.75, 3.05) is 6.54 Å². The second-order valence-corrected chi connectivity index (χ2v) is 8.18. The minimum atomic E-state index is -0.893. The van der Waals surface area contributed by atoms with Gasteiger partial charge in [-0.1, -0.05) is 32.6 Å². The maximum atomic E-state index is 13.4. The summed E-state index contributed by atoms with van der Waals surface area (Å²) in [5, 5.41) is 3.27. The van der Waals surface area contributed by atoms with Crippen molar-refractivity contribution in [2.45, 2.75) is 76.9 Å². The molecule has 2 amide bonds. The van der Waals surface area contributed by atoms with Gasteiger partial charge in [-0.3, -0.25) is 9.59 Å². The van der Waals surface area contributed by atoms with Gasteiger partial charge in [-0.05, 0) is 26.2 Å². The Kier molecular flexibility index (Phi) is 4.74. The number of rotatable bonds is 4. The van der Waals surface area contributed by atoms with Crippen LogP contribution in [0.3, 0.4) is 0 Å². The van der Waals surface area contributed by atoms with Gasteiger partial charge in [0.2, 0.25) is 5.91 Å². The van der Waals surface area contributed by atoms with E-state index < -0.39 is 5.54 Å². The summed E-state index contributed by atoms with van der Waals surface area (Å²) in [6, 6.07) is 3.88. The Labute approximate surface area is 159 Å². The lowest BCUT2D eigenvalue weighted by molar-refractivity contribution is -0.133. The minimum Gasteiger partial charge on any atom is -0.463 e. The largest absolute Gasteiger partial charge is 0.463 e. The monoisotopic (exact) mass is 371 g/mol. The molecule has 1 atom stereocenters. The molecule has 0 saturated heterocycles. The van der Waals surface area contributed by atoms with Gasteiger partial charge in [0, 0.05) is 24.7 Å². The van der Waals surface area contributed by atoms with Crippen LogP contribution >= 0.6 is 0 Å². The van der Waals surface area contributed by atoms with Crippen molar-refractivity contribution in [1.29, 1.82) is 0 Å². The van der Waals surface area contributed by atoms with Crippen LogP contribution in [-0.4, -0.2) is 39.4 Å². The van der Waals surface area contributed by atoms with Crippen LogP contribution in [-0.2, 0) is 11.3 Å². The summed E-state index contributed by atoms with van der Waals surface area (Å²) < 4.78 is 7.43. The predicted octanol–water partition coefficient (Wildman–Crippen LogP) is 3.70. The van der Waals surface area contributed by atoms with Gasteiger partial charge in [0.15, 0.2) is 5.58 Å². The zero-order valence-electron chi connectivity index (χ0n) is 16.3. The number of fused-ring (bicyclic) bond motifs is 3. The lowest BCUT2D eigenvalue weighted by Gasteiger charge is -2.44. The first-order chi connectivity index (χ1) is 13.0. The SMILES string of the molecule is CCCN1C(=O)c2cc3occc3n2C[C@]1(C)C(=O)NC1CCCCCC1. The van der Waals surface area contributed by atoms with Gasteiger partial charge in [0.1, 0.15) is 11.2 Å². The van der Waals surface area contributed by atoms with Crippen molar-refractivity contribution in [3.63, 3.8) is 0 Å². The van der Waals surface area contributed by atoms with Crippen LogP contribution in [0, 0.1) is 0 Å². The summed E-state index contributed by atoms with van der Waals surface area (Å²) in [6.45, 7) is 4.97. The molecule has 6 nitrogen and oxygen atoms in total. The van der Waals surface area contributed by atoms with Crippen molar-refractivity contribution < 1.29 is 14.0 Å². The molecule has 0 radical (unpaired) electrons. The maximum absolute atomic E-state index is 13.4. The molecule has 2 aromatic rings. The highest BCUT2D eigenvalue weighted by Crippen LogP contribution is 2.33. The van der Waals surface area contributed by atoms with Gasteiger partial charge < -0.3 is 19.2 Å². The Morgan fingerprint density at radius 2 is 2.04 bits per heavy atom. The molecule has 1 N–H and O–H groups in total. The number of nitrogens with zero attached hydrogens (tertiary/aromatic N) is 2. The lowest BCUT2D eigenvalue weighted by Crippen LogP contribution is -2.65. The summed E-state index contributed by atoms with van der Waals surface area (Å²) in [4.78, 5) is 28.4. The highest BCUT2D eigenvalue weighted by molar-refractivity contribution is 6.02. The van der Waals surface area contributed by atoms with Gasteiger partial charge in [-0.25, -0.2) is 0 Å². The molecule has 1 fully saturated rings. The minimum absolute atomic E-state index is 0.0350. The summed E-state index contributed by atoms with van der Waals surface area (Å²) in [7, 11) is 0. The predicted molar refractivity (Wildman–Crippen MR) is 104 cm³/mol. The van der Waals surface area contributed by atoms with Crippen LogP contribution in [0.5, 0.6) is 0 Å². The fourth-order valence-corrected chi connectivity index (χ4v) is 4.61. The third kappa shape index (κ3) is 3.05. The van der Waals surface area contributed by atoms with Crippen molar-refractivity contribution in [3.05, 3.63) is 24.1 Å². The Morgan fingerprint density at radius 1 is 1.30 bits per heavy atom. The number of furan rings is 1. The molecular weight excluding hydrogens is 342 g/mol. The molecule has 1 saturated carbocycles. The Bertz CT molecular complexity index is 844. The van der Waals surface area contributed by atoms with Crippen molar-refractivity contribution in [3.8, 4) is 0 Å². The number of nitrogens with one attached hydrogen (secondary N) is 1. The zero-order valence-corrected chi connectivity index (χ0v) is 16.3. The van der Waals surface area contributed by atoms with E-state index in [2.05, 4.69) is 5.32 Å². The topological polar surface area (TPSA) is 67.5 Å². The normalized spacial score (nSPS) is 24.1. The van der Waals surface area contributed by atoms with E-state index in [-0.39, 0.29) is 17.9 Å². The van der Waals surface area contributed by atoms with Crippen LogP contribution in [0.2, 0.25) is 0 Å². The third-order valence-electron chi connectivity index (χ3n) is 6.18. The van der Waals surface area contributed by atoms with Crippen LogP contribution in [0.1, 0.15) is 69.3 Å². The number of aromatic nitrogens is 1. The molecule has 0 unspecified atom stereocenters. The maximum Gasteiger partial charge on any atom is 0.271 e. The first kappa shape index (κ1) is 18.1. The number of carbonyl (C=O) groups is 2. The zero-order chi connectivity index (χ0) is 19.0. The third-order valence-corrected chi connectivity index (χ3v) is 6.18. The molecule has 2 aromatic heterocycles. The molecule has 6 heteroatoms. The fourth-order valence-electron chi connectivity index (χ4n) is 4.61. The summed E-state index contributed by atoms with van der Waals surface area (Å²) in [6.07, 6.45) is 9.32. The van der Waals surface area contributed by atoms with E-state index in [9.17, 15) is 9.59 Å². The van der Waals surface area contributed by atoms with E-state index in [4.69, 9.17) is 4.42 Å². The van der Waals surface area contributed by atoms with Crippen LogP contribution < -0.4 is 5.32 Å². The van der Waals surface area contributed by atoms with E-state index >= 15 is 0 Å². The smallest absolute Gasteiger partial charge is 0.271 e. The molecule has 1 aliphatic carbocycles. The fraction of sp³-hybridized carbons (Fsp3) is 0.619. The average Bonchev–Trinajstić information content (AvgIpc) is 3.13. The molecule has 2 aliphatic rings. The Morgan fingerprint density at radius 3 is 2.74 bits per heavy atom. The van der Waals surface area contributed by atoms with E-state index in [0.717, 1.165) is 37.6 Å². The molecular formula is C21H29N3O3. The molecule has 0 bridgehead atoms. The lowest BCUT2D eigenvalue weighted by atomic mass is 9.93. The number of hydrogen-bond donors (Lipinski definition) is 1. The molecule has 1 aliphatic heterocycles. The highest BCUT2D eigenvalue weighted by atomic mass is 16.3. The quantitative estimate of drug-likeness (QED) is 0.834. The van der Waals surface area contributed by atoms with Crippen LogP contribution in [0.4, 0.5) is 0 Å². The molecule has 0 spiro atoms. The van der Waals surface area contributed by atoms with E-state index in [1.54, 1.807) is 17.2 Å². The summed E-state index contributed by atoms with van der Waals surface area (Å²) in [5.41, 5.74) is 1.29. The second-order valence-electron chi connectivity index (χ2n) is 8.18. The van der Waals surface area contributed by atoms with Crippen molar-refractivity contribution in [1.82, 2.24) is 14.8 Å². The Balaban J connectivity index is 1.66. The van der Waals surface area contributed by atoms with Crippen molar-refractivity contribution in [2.24, 2.45) is 0 Å². The van der Waals surface area contributed by atoms with Crippen LogP contribution in [0.25, 0.3) is 11.1 Å². The van der Waals surface area contributed by atoms with Gasteiger partial charge in [0.05, 0.1) is 18.3 Å². The van der Waals surface area contributed by atoms with Gasteiger partial charge in [0.25, 0.3) is 5.91 Å². The summed E-state index contributed by atoms with van der Waals surface area (Å²) in [5.74, 6) is -0.125. The molecule has 3 heterocycles. The molecule has 4 rings (SSSR count). The molecule has 0 aromatic carbocycles. The Hall–Kier alpha value is -2.24.